The van der Waals surface area contributed by atoms with E-state index < -0.39 is 12.0 Å². The van der Waals surface area contributed by atoms with Crippen LogP contribution in [-0.4, -0.2) is 23.8 Å². The molecule has 0 fully saturated rings. The molecule has 2 aromatic heterocycles. The number of carbonyl (C=O) groups is 1. The predicted octanol–water partition coefficient (Wildman–Crippen LogP) is 3.90. The largest absolute Gasteiger partial charge is 0.479 e. The number of ether oxygens (including phenoxy) is 2. The second-order valence-corrected chi connectivity index (χ2v) is 9.95. The highest BCUT2D eigenvalue weighted by Crippen LogP contribution is 2.36. The van der Waals surface area contributed by atoms with Crippen molar-refractivity contribution in [3.63, 3.8) is 0 Å². The van der Waals surface area contributed by atoms with Gasteiger partial charge in [-0.3, -0.25) is 9.36 Å². The zero-order valence-electron chi connectivity index (χ0n) is 19.8. The minimum atomic E-state index is -0.669. The number of thiazole rings is 1. The summed E-state index contributed by atoms with van der Waals surface area (Å²) < 4.78 is 12.9. The summed E-state index contributed by atoms with van der Waals surface area (Å²) in [5.74, 6) is 0.0376. The molecule has 37 heavy (non-hydrogen) atoms. The molecular weight excluding hydrogens is 506 g/mol. The number of hydrogen-bond donors (Lipinski definition) is 0. The maximum atomic E-state index is 13.8. The zero-order valence-corrected chi connectivity index (χ0v) is 21.4. The Bertz CT molecular complexity index is 1690. The average Bonchev–Trinajstić information content (AvgIpc) is 3.56. The van der Waals surface area contributed by atoms with E-state index in [9.17, 15) is 9.59 Å². The first-order valence-corrected chi connectivity index (χ1v) is 13.2. The molecule has 0 N–H and O–H groups in total. The average molecular weight is 528 g/mol. The second-order valence-electron chi connectivity index (χ2n) is 7.97. The van der Waals surface area contributed by atoms with Gasteiger partial charge < -0.3 is 9.47 Å². The summed E-state index contributed by atoms with van der Waals surface area (Å²) >= 11 is 2.73. The molecule has 0 bridgehead atoms. The van der Waals surface area contributed by atoms with E-state index in [2.05, 4.69) is 0 Å². The number of rotatable bonds is 7. The van der Waals surface area contributed by atoms with Crippen molar-refractivity contribution >= 4 is 40.4 Å². The Hall–Kier alpha value is -4.26. The van der Waals surface area contributed by atoms with E-state index in [1.165, 1.54) is 22.7 Å². The molecule has 3 heterocycles. The number of esters is 1. The van der Waals surface area contributed by atoms with E-state index in [1.54, 1.807) is 35.8 Å². The quantitative estimate of drug-likeness (QED) is 0.340. The van der Waals surface area contributed by atoms with Gasteiger partial charge in [-0.05, 0) is 42.1 Å². The Labute approximate surface area is 220 Å². The summed E-state index contributed by atoms with van der Waals surface area (Å²) in [4.78, 5) is 33.3. The highest BCUT2D eigenvalue weighted by Gasteiger charge is 2.35. The number of nitriles is 1. The zero-order chi connectivity index (χ0) is 25.8. The fraction of sp³-hybridized carbons (Fsp3) is 0.143. The summed E-state index contributed by atoms with van der Waals surface area (Å²) in [7, 11) is 0. The topological polar surface area (TPSA) is 93.7 Å². The van der Waals surface area contributed by atoms with E-state index in [1.807, 2.05) is 60.0 Å². The maximum Gasteiger partial charge on any atom is 0.338 e. The van der Waals surface area contributed by atoms with Crippen LogP contribution in [0.1, 0.15) is 29.0 Å². The molecular formula is C28H21N3O4S2. The standard InChI is InChI=1S/C28H21N3O4S2/c1-2-34-27(33)23-24(19-9-4-3-5-10-19)30-28-31(25(23)21-12-7-15-36-21)26(32)22(37-28)17-18-8-6-11-20(16-18)35-14-13-29/h3-12,15-17,25H,2,14H2,1H3/b22-17-/t25-/m1/s1. The lowest BCUT2D eigenvalue weighted by Crippen LogP contribution is -2.39. The van der Waals surface area contributed by atoms with Crippen molar-refractivity contribution in [2.45, 2.75) is 13.0 Å². The van der Waals surface area contributed by atoms with Gasteiger partial charge in [-0.15, -0.1) is 11.3 Å². The minimum absolute atomic E-state index is 0.0641. The maximum absolute atomic E-state index is 13.8. The van der Waals surface area contributed by atoms with Crippen LogP contribution >= 0.6 is 22.7 Å². The van der Waals surface area contributed by atoms with E-state index in [-0.39, 0.29) is 18.8 Å². The van der Waals surface area contributed by atoms with Gasteiger partial charge in [0.1, 0.15) is 17.9 Å². The number of nitrogens with zero attached hydrogens (tertiary/aromatic N) is 3. The minimum Gasteiger partial charge on any atom is -0.479 e. The molecule has 1 aliphatic rings. The summed E-state index contributed by atoms with van der Waals surface area (Å²) in [6, 6.07) is 21.7. The van der Waals surface area contributed by atoms with Crippen molar-refractivity contribution in [3.05, 3.63) is 113 Å². The molecule has 1 atom stereocenters. The molecule has 5 rings (SSSR count). The molecule has 0 unspecified atom stereocenters. The van der Waals surface area contributed by atoms with Gasteiger partial charge in [0.25, 0.3) is 5.56 Å². The number of fused-ring (bicyclic) bond motifs is 1. The van der Waals surface area contributed by atoms with Crippen LogP contribution in [0.5, 0.6) is 5.75 Å². The van der Waals surface area contributed by atoms with Crippen molar-refractivity contribution in [3.8, 4) is 11.8 Å². The molecule has 9 heteroatoms. The molecule has 0 amide bonds. The Morgan fingerprint density at radius 2 is 2.00 bits per heavy atom. The first-order valence-electron chi connectivity index (χ1n) is 11.5. The molecule has 0 saturated heterocycles. The third-order valence-corrected chi connectivity index (χ3v) is 7.55. The smallest absolute Gasteiger partial charge is 0.338 e. The molecule has 2 aromatic carbocycles. The van der Waals surface area contributed by atoms with Crippen LogP contribution < -0.4 is 19.6 Å². The second kappa shape index (κ2) is 10.8. The van der Waals surface area contributed by atoms with Gasteiger partial charge in [0.2, 0.25) is 0 Å². The van der Waals surface area contributed by atoms with Crippen LogP contribution in [-0.2, 0) is 9.53 Å². The molecule has 1 aliphatic heterocycles. The third-order valence-electron chi connectivity index (χ3n) is 5.65. The number of hydrogen-bond acceptors (Lipinski definition) is 8. The van der Waals surface area contributed by atoms with E-state index >= 15 is 0 Å². The van der Waals surface area contributed by atoms with Crippen molar-refractivity contribution in [2.24, 2.45) is 4.99 Å². The van der Waals surface area contributed by atoms with E-state index in [4.69, 9.17) is 19.7 Å². The van der Waals surface area contributed by atoms with Crippen molar-refractivity contribution < 1.29 is 14.3 Å². The lowest BCUT2D eigenvalue weighted by molar-refractivity contribution is -0.138. The van der Waals surface area contributed by atoms with E-state index in [0.29, 0.717) is 26.4 Å². The molecule has 0 aliphatic carbocycles. The van der Waals surface area contributed by atoms with Gasteiger partial charge in [-0.1, -0.05) is 59.9 Å². The molecule has 4 aromatic rings. The van der Waals surface area contributed by atoms with Crippen molar-refractivity contribution in [1.82, 2.24) is 4.57 Å². The first-order chi connectivity index (χ1) is 18.1. The van der Waals surface area contributed by atoms with Crippen LogP contribution in [0.15, 0.2) is 87.5 Å². The van der Waals surface area contributed by atoms with Gasteiger partial charge in [0.15, 0.2) is 11.4 Å². The van der Waals surface area contributed by atoms with Gasteiger partial charge in [0.05, 0.1) is 22.4 Å². The predicted molar refractivity (Wildman–Crippen MR) is 143 cm³/mol. The van der Waals surface area contributed by atoms with Gasteiger partial charge in [-0.2, -0.15) is 5.26 Å². The molecule has 0 radical (unpaired) electrons. The molecule has 0 saturated carbocycles. The Balaban J connectivity index is 1.74. The van der Waals surface area contributed by atoms with Crippen molar-refractivity contribution in [2.75, 3.05) is 13.2 Å². The highest BCUT2D eigenvalue weighted by atomic mass is 32.1. The fourth-order valence-corrected chi connectivity index (χ4v) is 5.94. The Morgan fingerprint density at radius 3 is 2.73 bits per heavy atom. The van der Waals surface area contributed by atoms with Gasteiger partial charge in [0, 0.05) is 10.4 Å². The van der Waals surface area contributed by atoms with Crippen LogP contribution in [0.2, 0.25) is 0 Å². The van der Waals surface area contributed by atoms with Crippen LogP contribution in [0.4, 0.5) is 0 Å². The lowest BCUT2D eigenvalue weighted by Gasteiger charge is -2.24. The SMILES string of the molecule is CCOC(=O)C1=C(c2ccccc2)N=c2s/c(=C\c3cccc(OCC#N)c3)c(=O)n2[C@@H]1c1cccs1. The van der Waals surface area contributed by atoms with Crippen molar-refractivity contribution in [1.29, 1.82) is 5.26 Å². The van der Waals surface area contributed by atoms with Gasteiger partial charge >= 0.3 is 5.97 Å². The lowest BCUT2D eigenvalue weighted by atomic mass is 9.97. The fourth-order valence-electron chi connectivity index (χ4n) is 4.12. The van der Waals surface area contributed by atoms with Gasteiger partial charge in [-0.25, -0.2) is 9.79 Å². The normalized spacial score (nSPS) is 15.0. The number of benzene rings is 2. The Morgan fingerprint density at radius 1 is 1.16 bits per heavy atom. The monoisotopic (exact) mass is 527 g/mol. The Kier molecular flexibility index (Phi) is 7.12. The summed E-state index contributed by atoms with van der Waals surface area (Å²) in [6.45, 7) is 1.89. The number of carbonyl (C=O) groups excluding carboxylic acids is 1. The molecule has 184 valence electrons. The number of thiophene rings is 1. The summed E-state index contributed by atoms with van der Waals surface area (Å²) in [5, 5.41) is 10.7. The van der Waals surface area contributed by atoms with Crippen LogP contribution in [0.25, 0.3) is 11.8 Å². The molecule has 7 nitrogen and oxygen atoms in total. The number of aromatic nitrogens is 1. The third kappa shape index (κ3) is 4.89. The summed E-state index contributed by atoms with van der Waals surface area (Å²) in [6.07, 6.45) is 1.77. The van der Waals surface area contributed by atoms with E-state index in [0.717, 1.165) is 16.0 Å². The highest BCUT2D eigenvalue weighted by molar-refractivity contribution is 7.10. The summed E-state index contributed by atoms with van der Waals surface area (Å²) in [5.41, 5.74) is 2.10. The van der Waals surface area contributed by atoms with Crippen LogP contribution in [0.3, 0.4) is 0 Å². The van der Waals surface area contributed by atoms with Crippen LogP contribution in [0, 0.1) is 11.3 Å². The first kappa shape index (κ1) is 24.4. The molecule has 0 spiro atoms.